The van der Waals surface area contributed by atoms with E-state index in [4.69, 9.17) is 0 Å². The Morgan fingerprint density at radius 1 is 1.56 bits per heavy atom. The summed E-state index contributed by atoms with van der Waals surface area (Å²) in [5, 5.41) is 8.01. The largest absolute Gasteiger partial charge is 0.314 e. The maximum atomic E-state index is 4.41. The SMILES string of the molecule is CCNC(Cc1cc(C)nn1C)CC1CC1. The lowest BCUT2D eigenvalue weighted by Gasteiger charge is -2.17. The van der Waals surface area contributed by atoms with Crippen molar-refractivity contribution in [2.75, 3.05) is 6.54 Å². The van der Waals surface area contributed by atoms with Crippen molar-refractivity contribution in [3.63, 3.8) is 0 Å². The van der Waals surface area contributed by atoms with Gasteiger partial charge in [-0.3, -0.25) is 4.68 Å². The van der Waals surface area contributed by atoms with E-state index >= 15 is 0 Å². The number of aryl methyl sites for hydroxylation is 2. The molecule has 0 aromatic carbocycles. The monoisotopic (exact) mass is 221 g/mol. The van der Waals surface area contributed by atoms with E-state index in [0.717, 1.165) is 24.6 Å². The normalized spacial score (nSPS) is 17.7. The smallest absolute Gasteiger partial charge is 0.0596 e. The third-order valence-corrected chi connectivity index (χ3v) is 3.36. The Bertz CT molecular complexity index is 339. The van der Waals surface area contributed by atoms with Gasteiger partial charge in [-0.15, -0.1) is 0 Å². The van der Waals surface area contributed by atoms with Crippen LogP contribution in [0.15, 0.2) is 6.07 Å². The van der Waals surface area contributed by atoms with Gasteiger partial charge in [0.1, 0.15) is 0 Å². The molecule has 0 radical (unpaired) electrons. The lowest BCUT2D eigenvalue weighted by Crippen LogP contribution is -2.32. The quantitative estimate of drug-likeness (QED) is 0.797. The maximum absolute atomic E-state index is 4.41. The molecule has 0 amide bonds. The van der Waals surface area contributed by atoms with Gasteiger partial charge >= 0.3 is 0 Å². The number of rotatable bonds is 6. The van der Waals surface area contributed by atoms with Gasteiger partial charge in [-0.25, -0.2) is 0 Å². The van der Waals surface area contributed by atoms with Crippen molar-refractivity contribution in [2.24, 2.45) is 13.0 Å². The van der Waals surface area contributed by atoms with E-state index in [1.807, 2.05) is 11.7 Å². The highest BCUT2D eigenvalue weighted by Crippen LogP contribution is 2.34. The van der Waals surface area contributed by atoms with Crippen molar-refractivity contribution in [1.29, 1.82) is 0 Å². The van der Waals surface area contributed by atoms with Crippen LogP contribution in [0.5, 0.6) is 0 Å². The third kappa shape index (κ3) is 3.08. The fourth-order valence-electron chi connectivity index (χ4n) is 2.39. The van der Waals surface area contributed by atoms with Crippen LogP contribution in [-0.2, 0) is 13.5 Å². The predicted molar refractivity (Wildman–Crippen MR) is 66.5 cm³/mol. The van der Waals surface area contributed by atoms with Crippen LogP contribution >= 0.6 is 0 Å². The summed E-state index contributed by atoms with van der Waals surface area (Å²) in [4.78, 5) is 0. The highest BCUT2D eigenvalue weighted by Gasteiger charge is 2.25. The Morgan fingerprint density at radius 3 is 2.81 bits per heavy atom. The molecule has 0 spiro atoms. The number of hydrogen-bond acceptors (Lipinski definition) is 2. The molecule has 3 nitrogen and oxygen atoms in total. The standard InChI is InChI=1S/C13H23N3/c1-4-14-12(8-11-5-6-11)9-13-7-10(2)15-16(13)3/h7,11-12,14H,4-6,8-9H2,1-3H3. The predicted octanol–water partition coefficient (Wildman–Crippen LogP) is 2.05. The first-order chi connectivity index (χ1) is 7.69. The van der Waals surface area contributed by atoms with Crippen molar-refractivity contribution < 1.29 is 0 Å². The van der Waals surface area contributed by atoms with Gasteiger partial charge in [0.05, 0.1) is 5.69 Å². The minimum atomic E-state index is 0.632. The van der Waals surface area contributed by atoms with E-state index in [-0.39, 0.29) is 0 Å². The van der Waals surface area contributed by atoms with Crippen molar-refractivity contribution >= 4 is 0 Å². The molecule has 1 saturated carbocycles. The van der Waals surface area contributed by atoms with Crippen molar-refractivity contribution in [3.8, 4) is 0 Å². The molecule has 2 rings (SSSR count). The summed E-state index contributed by atoms with van der Waals surface area (Å²) in [6.07, 6.45) is 5.32. The zero-order valence-electron chi connectivity index (χ0n) is 10.7. The van der Waals surface area contributed by atoms with E-state index in [9.17, 15) is 0 Å². The average Bonchev–Trinajstić information content (AvgIpc) is 2.95. The van der Waals surface area contributed by atoms with E-state index in [1.165, 1.54) is 25.0 Å². The summed E-state index contributed by atoms with van der Waals surface area (Å²) < 4.78 is 2.02. The van der Waals surface area contributed by atoms with Crippen LogP contribution < -0.4 is 5.32 Å². The summed E-state index contributed by atoms with van der Waals surface area (Å²) >= 11 is 0. The van der Waals surface area contributed by atoms with Crippen LogP contribution in [0.2, 0.25) is 0 Å². The molecular formula is C13H23N3. The molecule has 1 heterocycles. The molecule has 1 aromatic rings. The molecule has 0 saturated heterocycles. The van der Waals surface area contributed by atoms with Gasteiger partial charge in [0.25, 0.3) is 0 Å². The molecule has 1 fully saturated rings. The summed E-state index contributed by atoms with van der Waals surface area (Å²) in [6, 6.07) is 2.84. The number of hydrogen-bond donors (Lipinski definition) is 1. The maximum Gasteiger partial charge on any atom is 0.0596 e. The molecule has 0 bridgehead atoms. The Hall–Kier alpha value is -0.830. The lowest BCUT2D eigenvalue weighted by molar-refractivity contribution is 0.455. The topological polar surface area (TPSA) is 29.9 Å². The van der Waals surface area contributed by atoms with Crippen LogP contribution in [0.1, 0.15) is 37.6 Å². The first kappa shape index (κ1) is 11.6. The molecular weight excluding hydrogens is 198 g/mol. The summed E-state index contributed by atoms with van der Waals surface area (Å²) in [5.41, 5.74) is 2.48. The minimum absolute atomic E-state index is 0.632. The van der Waals surface area contributed by atoms with Gasteiger partial charge in [-0.05, 0) is 31.9 Å². The lowest BCUT2D eigenvalue weighted by atomic mass is 10.0. The van der Waals surface area contributed by atoms with E-state index in [1.54, 1.807) is 0 Å². The average molecular weight is 221 g/mol. The first-order valence-electron chi connectivity index (χ1n) is 6.42. The molecule has 1 aliphatic carbocycles. The first-order valence-corrected chi connectivity index (χ1v) is 6.42. The molecule has 0 aliphatic heterocycles. The molecule has 1 unspecified atom stereocenters. The van der Waals surface area contributed by atoms with Crippen LogP contribution in [0.25, 0.3) is 0 Å². The van der Waals surface area contributed by atoms with Gasteiger partial charge in [-0.2, -0.15) is 5.10 Å². The minimum Gasteiger partial charge on any atom is -0.314 e. The second kappa shape index (κ2) is 5.00. The van der Waals surface area contributed by atoms with Crippen molar-refractivity contribution in [3.05, 3.63) is 17.5 Å². The van der Waals surface area contributed by atoms with E-state index < -0.39 is 0 Å². The van der Waals surface area contributed by atoms with Crippen molar-refractivity contribution in [1.82, 2.24) is 15.1 Å². The number of likely N-dealkylation sites (N-methyl/N-ethyl adjacent to an activating group) is 1. The molecule has 1 atom stereocenters. The molecule has 3 heteroatoms. The summed E-state index contributed by atoms with van der Waals surface area (Å²) in [7, 11) is 2.04. The van der Waals surface area contributed by atoms with Crippen LogP contribution in [0.3, 0.4) is 0 Å². The Balaban J connectivity index is 1.95. The zero-order chi connectivity index (χ0) is 11.5. The van der Waals surface area contributed by atoms with E-state index in [0.29, 0.717) is 6.04 Å². The highest BCUT2D eigenvalue weighted by atomic mass is 15.3. The Kier molecular flexibility index (Phi) is 3.64. The van der Waals surface area contributed by atoms with Crippen LogP contribution in [-0.4, -0.2) is 22.4 Å². The number of aromatic nitrogens is 2. The second-order valence-corrected chi connectivity index (χ2v) is 5.04. The molecule has 1 aromatic heterocycles. The Morgan fingerprint density at radius 2 is 2.31 bits per heavy atom. The fourth-order valence-corrected chi connectivity index (χ4v) is 2.39. The van der Waals surface area contributed by atoms with Crippen molar-refractivity contribution in [2.45, 2.75) is 45.6 Å². The fraction of sp³-hybridized carbons (Fsp3) is 0.769. The summed E-state index contributed by atoms with van der Waals surface area (Å²) in [5.74, 6) is 0.985. The molecule has 1 N–H and O–H groups in total. The van der Waals surface area contributed by atoms with E-state index in [2.05, 4.69) is 30.3 Å². The van der Waals surface area contributed by atoms with Gasteiger partial charge in [0.15, 0.2) is 0 Å². The highest BCUT2D eigenvalue weighted by molar-refractivity contribution is 5.10. The van der Waals surface area contributed by atoms with Gasteiger partial charge in [0.2, 0.25) is 0 Å². The summed E-state index contributed by atoms with van der Waals surface area (Å²) in [6.45, 7) is 5.31. The van der Waals surface area contributed by atoms with Crippen LogP contribution in [0.4, 0.5) is 0 Å². The molecule has 1 aliphatic rings. The molecule has 16 heavy (non-hydrogen) atoms. The Labute approximate surface area is 98.2 Å². The molecule has 90 valence electrons. The van der Waals surface area contributed by atoms with Gasteiger partial charge in [0, 0.05) is 25.2 Å². The van der Waals surface area contributed by atoms with Crippen LogP contribution in [0, 0.1) is 12.8 Å². The zero-order valence-corrected chi connectivity index (χ0v) is 10.7. The third-order valence-electron chi connectivity index (χ3n) is 3.36. The van der Waals surface area contributed by atoms with Gasteiger partial charge in [-0.1, -0.05) is 19.8 Å². The second-order valence-electron chi connectivity index (χ2n) is 5.04. The number of nitrogens with one attached hydrogen (secondary N) is 1. The van der Waals surface area contributed by atoms with Gasteiger partial charge < -0.3 is 5.32 Å². The number of nitrogens with zero attached hydrogens (tertiary/aromatic N) is 2.